The van der Waals surface area contributed by atoms with Crippen LogP contribution < -0.4 is 10.6 Å². The van der Waals surface area contributed by atoms with E-state index in [1.54, 1.807) is 7.05 Å². The fourth-order valence-electron chi connectivity index (χ4n) is 2.00. The van der Waals surface area contributed by atoms with E-state index in [0.717, 1.165) is 11.1 Å². The van der Waals surface area contributed by atoms with Gasteiger partial charge in [-0.3, -0.25) is 4.79 Å². The molecule has 1 atom stereocenters. The van der Waals surface area contributed by atoms with Gasteiger partial charge in [-0.1, -0.05) is 24.3 Å². The first-order valence-corrected chi connectivity index (χ1v) is 5.32. The molecular weight excluding hydrogens is 204 g/mol. The smallest absolute Gasteiger partial charge is 0.315 e. The highest BCUT2D eigenvalue weighted by atomic mass is 16.2. The van der Waals surface area contributed by atoms with Crippen molar-refractivity contribution in [2.75, 3.05) is 7.05 Å². The van der Waals surface area contributed by atoms with Gasteiger partial charge in [0.2, 0.25) is 0 Å². The summed E-state index contributed by atoms with van der Waals surface area (Å²) >= 11 is 0. The van der Waals surface area contributed by atoms with E-state index in [2.05, 4.69) is 10.6 Å². The third-order valence-corrected chi connectivity index (χ3v) is 2.83. The molecule has 1 aromatic rings. The lowest BCUT2D eigenvalue weighted by atomic mass is 9.87. The van der Waals surface area contributed by atoms with Gasteiger partial charge in [0.15, 0.2) is 5.78 Å². The number of fused-ring (bicyclic) bond motifs is 1. The number of carbonyl (C=O) groups is 2. The van der Waals surface area contributed by atoms with Crippen molar-refractivity contribution in [3.8, 4) is 0 Å². The van der Waals surface area contributed by atoms with Crippen LogP contribution in [0.2, 0.25) is 0 Å². The van der Waals surface area contributed by atoms with Crippen molar-refractivity contribution in [2.45, 2.75) is 18.9 Å². The maximum absolute atomic E-state index is 11.7. The minimum atomic E-state index is -0.214. The van der Waals surface area contributed by atoms with Crippen LogP contribution in [-0.2, 0) is 0 Å². The number of amides is 2. The standard InChI is InChI=1S/C12H14N2O2/c1-13-12(16)14-10-6-7-11(15)9-5-3-2-4-8(9)10/h2-5,10H,6-7H2,1H3,(H2,13,14,16). The summed E-state index contributed by atoms with van der Waals surface area (Å²) in [5, 5.41) is 5.36. The molecule has 2 N–H and O–H groups in total. The number of hydrogen-bond acceptors (Lipinski definition) is 2. The number of nitrogens with one attached hydrogen (secondary N) is 2. The average Bonchev–Trinajstić information content (AvgIpc) is 2.33. The SMILES string of the molecule is CNC(=O)NC1CCC(=O)c2ccccc21. The predicted octanol–water partition coefficient (Wildman–Crippen LogP) is 1.63. The number of benzene rings is 1. The molecule has 4 heteroatoms. The molecule has 0 bridgehead atoms. The van der Waals surface area contributed by atoms with E-state index in [1.165, 1.54) is 0 Å². The first kappa shape index (κ1) is 10.7. The molecule has 4 nitrogen and oxygen atoms in total. The van der Waals surface area contributed by atoms with Crippen molar-refractivity contribution in [3.63, 3.8) is 0 Å². The normalized spacial score (nSPS) is 18.8. The summed E-state index contributed by atoms with van der Waals surface area (Å²) in [4.78, 5) is 22.9. The third kappa shape index (κ3) is 1.91. The summed E-state index contributed by atoms with van der Waals surface area (Å²) in [5.74, 6) is 0.158. The Morgan fingerprint density at radius 2 is 2.12 bits per heavy atom. The predicted molar refractivity (Wildman–Crippen MR) is 60.3 cm³/mol. The quantitative estimate of drug-likeness (QED) is 0.752. The van der Waals surface area contributed by atoms with E-state index in [4.69, 9.17) is 0 Å². The van der Waals surface area contributed by atoms with Crippen molar-refractivity contribution in [1.29, 1.82) is 0 Å². The summed E-state index contributed by atoms with van der Waals surface area (Å²) < 4.78 is 0. The maximum atomic E-state index is 11.7. The summed E-state index contributed by atoms with van der Waals surface area (Å²) in [5.41, 5.74) is 1.65. The van der Waals surface area contributed by atoms with Gasteiger partial charge in [0.05, 0.1) is 6.04 Å². The molecule has 0 aliphatic heterocycles. The van der Waals surface area contributed by atoms with E-state index < -0.39 is 0 Å². The zero-order valence-corrected chi connectivity index (χ0v) is 9.12. The Morgan fingerprint density at radius 1 is 1.38 bits per heavy atom. The van der Waals surface area contributed by atoms with Crippen LogP contribution in [0, 0.1) is 0 Å². The molecule has 1 aliphatic rings. The molecule has 0 radical (unpaired) electrons. The first-order valence-electron chi connectivity index (χ1n) is 5.32. The van der Waals surface area contributed by atoms with E-state index in [0.29, 0.717) is 12.8 Å². The van der Waals surface area contributed by atoms with Gasteiger partial charge in [-0.25, -0.2) is 4.79 Å². The minimum Gasteiger partial charge on any atom is -0.341 e. The Labute approximate surface area is 94.0 Å². The molecule has 2 rings (SSSR count). The van der Waals surface area contributed by atoms with Gasteiger partial charge >= 0.3 is 6.03 Å². The minimum absolute atomic E-state index is 0.0613. The van der Waals surface area contributed by atoms with Gasteiger partial charge in [0.25, 0.3) is 0 Å². The van der Waals surface area contributed by atoms with Gasteiger partial charge in [0.1, 0.15) is 0 Å². The van der Waals surface area contributed by atoms with Crippen LogP contribution in [0.1, 0.15) is 34.8 Å². The lowest BCUT2D eigenvalue weighted by Gasteiger charge is -2.25. The van der Waals surface area contributed by atoms with E-state index in [1.807, 2.05) is 24.3 Å². The highest BCUT2D eigenvalue weighted by Crippen LogP contribution is 2.29. The van der Waals surface area contributed by atoms with Crippen LogP contribution >= 0.6 is 0 Å². The van der Waals surface area contributed by atoms with Gasteiger partial charge in [-0.15, -0.1) is 0 Å². The molecule has 2 amide bonds. The molecule has 16 heavy (non-hydrogen) atoms. The molecule has 0 fully saturated rings. The Kier molecular flexibility index (Phi) is 2.90. The van der Waals surface area contributed by atoms with Crippen LogP contribution in [-0.4, -0.2) is 18.9 Å². The summed E-state index contributed by atoms with van der Waals surface area (Å²) in [7, 11) is 1.58. The lowest BCUT2D eigenvalue weighted by molar-refractivity contribution is 0.0964. The van der Waals surface area contributed by atoms with Gasteiger partial charge in [-0.2, -0.15) is 0 Å². The second-order valence-corrected chi connectivity index (χ2v) is 3.83. The molecule has 0 aromatic heterocycles. The highest BCUT2D eigenvalue weighted by molar-refractivity contribution is 5.98. The number of Topliss-reactive ketones (excluding diaryl/α,β-unsaturated/α-hetero) is 1. The first-order chi connectivity index (χ1) is 7.72. The largest absolute Gasteiger partial charge is 0.341 e. The van der Waals surface area contributed by atoms with E-state index >= 15 is 0 Å². The van der Waals surface area contributed by atoms with Crippen LogP contribution in [0.25, 0.3) is 0 Å². The van der Waals surface area contributed by atoms with Crippen molar-refractivity contribution >= 4 is 11.8 Å². The Hall–Kier alpha value is -1.84. The Bertz CT molecular complexity index is 429. The van der Waals surface area contributed by atoms with Crippen LogP contribution in [0.5, 0.6) is 0 Å². The third-order valence-electron chi connectivity index (χ3n) is 2.83. The lowest BCUT2D eigenvalue weighted by Crippen LogP contribution is -2.37. The molecule has 0 heterocycles. The van der Waals surface area contributed by atoms with Gasteiger partial charge < -0.3 is 10.6 Å². The number of rotatable bonds is 1. The second kappa shape index (κ2) is 4.35. The molecule has 1 unspecified atom stereocenters. The summed E-state index contributed by atoms with van der Waals surface area (Å²) in [6.07, 6.45) is 1.16. The fourth-order valence-corrected chi connectivity index (χ4v) is 2.00. The van der Waals surface area contributed by atoms with Gasteiger partial charge in [0, 0.05) is 19.0 Å². The molecule has 84 valence electrons. The number of urea groups is 1. The van der Waals surface area contributed by atoms with Gasteiger partial charge in [-0.05, 0) is 12.0 Å². The Balaban J connectivity index is 2.28. The Morgan fingerprint density at radius 3 is 2.88 bits per heavy atom. The monoisotopic (exact) mass is 218 g/mol. The molecular formula is C12H14N2O2. The van der Waals surface area contributed by atoms with Crippen LogP contribution in [0.3, 0.4) is 0 Å². The van der Waals surface area contributed by atoms with E-state index in [-0.39, 0.29) is 17.9 Å². The summed E-state index contributed by atoms with van der Waals surface area (Å²) in [6.45, 7) is 0. The second-order valence-electron chi connectivity index (χ2n) is 3.83. The molecule has 0 saturated heterocycles. The van der Waals surface area contributed by atoms with Crippen molar-refractivity contribution < 1.29 is 9.59 Å². The van der Waals surface area contributed by atoms with Crippen LogP contribution in [0.15, 0.2) is 24.3 Å². The van der Waals surface area contributed by atoms with Crippen LogP contribution in [0.4, 0.5) is 4.79 Å². The molecule has 0 saturated carbocycles. The zero-order chi connectivity index (χ0) is 11.5. The fraction of sp³-hybridized carbons (Fsp3) is 0.333. The average molecular weight is 218 g/mol. The van der Waals surface area contributed by atoms with Crippen molar-refractivity contribution in [3.05, 3.63) is 35.4 Å². The summed E-state index contributed by atoms with van der Waals surface area (Å²) in [6, 6.07) is 7.17. The zero-order valence-electron chi connectivity index (χ0n) is 9.12. The topological polar surface area (TPSA) is 58.2 Å². The van der Waals surface area contributed by atoms with Crippen molar-refractivity contribution in [2.24, 2.45) is 0 Å². The number of hydrogen-bond donors (Lipinski definition) is 2. The maximum Gasteiger partial charge on any atom is 0.315 e. The number of carbonyl (C=O) groups excluding carboxylic acids is 2. The molecule has 1 aromatic carbocycles. The molecule has 1 aliphatic carbocycles. The number of ketones is 1. The highest BCUT2D eigenvalue weighted by Gasteiger charge is 2.25. The van der Waals surface area contributed by atoms with Crippen molar-refractivity contribution in [1.82, 2.24) is 10.6 Å². The molecule has 0 spiro atoms. The van der Waals surface area contributed by atoms with E-state index in [9.17, 15) is 9.59 Å².